The molecule has 29 heavy (non-hydrogen) atoms. The molecule has 0 aliphatic rings. The van der Waals surface area contributed by atoms with Crippen LogP contribution in [0.3, 0.4) is 0 Å². The van der Waals surface area contributed by atoms with Crippen molar-refractivity contribution in [2.45, 2.75) is 84.7 Å². The van der Waals surface area contributed by atoms with Gasteiger partial charge in [-0.2, -0.15) is 15.0 Å². The van der Waals surface area contributed by atoms with Crippen molar-refractivity contribution in [1.82, 2.24) is 20.3 Å². The Bertz CT molecular complexity index is 595. The number of halogens is 1. The molecule has 8 nitrogen and oxygen atoms in total. The molecule has 0 saturated carbocycles. The fraction of sp³-hybridized carbons (Fsp3) is 0.800. The molecule has 1 aromatic heterocycles. The second-order valence-electron chi connectivity index (χ2n) is 8.01. The van der Waals surface area contributed by atoms with Gasteiger partial charge in [-0.15, -0.1) is 0 Å². The summed E-state index contributed by atoms with van der Waals surface area (Å²) in [5.41, 5.74) is -0.519. The average Bonchev–Trinajstić information content (AvgIpc) is 2.62. The molecule has 9 heteroatoms. The van der Waals surface area contributed by atoms with Gasteiger partial charge in [-0.3, -0.25) is 0 Å². The summed E-state index contributed by atoms with van der Waals surface area (Å²) in [6, 6.07) is 0. The molecule has 1 rings (SSSR count). The van der Waals surface area contributed by atoms with Crippen LogP contribution in [0, 0.1) is 0 Å². The van der Waals surface area contributed by atoms with Crippen LogP contribution in [0.4, 0.5) is 16.7 Å². The third-order valence-electron chi connectivity index (χ3n) is 4.00. The third-order valence-corrected chi connectivity index (χ3v) is 4.17. The summed E-state index contributed by atoms with van der Waals surface area (Å²) in [4.78, 5) is 24.1. The first kappa shape index (κ1) is 25.2. The number of nitrogens with zero attached hydrogens (tertiary/aromatic N) is 3. The number of carbonyl (C=O) groups excluding carboxylic acids is 1. The summed E-state index contributed by atoms with van der Waals surface area (Å²) in [6.45, 7) is 9.31. The lowest BCUT2D eigenvalue weighted by Crippen LogP contribution is -2.35. The van der Waals surface area contributed by atoms with Crippen LogP contribution in [-0.4, -0.2) is 46.3 Å². The van der Waals surface area contributed by atoms with E-state index in [1.54, 1.807) is 0 Å². The zero-order valence-electron chi connectivity index (χ0n) is 18.3. The molecule has 1 heterocycles. The highest BCUT2D eigenvalue weighted by molar-refractivity contribution is 6.28. The molecule has 166 valence electrons. The molecule has 3 N–H and O–H groups in total. The van der Waals surface area contributed by atoms with Crippen LogP contribution >= 0.6 is 11.6 Å². The number of amides is 1. The minimum absolute atomic E-state index is 0.126. The predicted molar refractivity (Wildman–Crippen MR) is 119 cm³/mol. The van der Waals surface area contributed by atoms with Gasteiger partial charge in [0.1, 0.15) is 5.60 Å². The molecule has 0 aromatic carbocycles. The average molecular weight is 429 g/mol. The van der Waals surface area contributed by atoms with Crippen LogP contribution in [0.2, 0.25) is 5.28 Å². The van der Waals surface area contributed by atoms with Gasteiger partial charge >= 0.3 is 6.09 Å². The van der Waals surface area contributed by atoms with E-state index in [1.807, 2.05) is 20.8 Å². The van der Waals surface area contributed by atoms with Crippen LogP contribution in [0.1, 0.15) is 79.1 Å². The van der Waals surface area contributed by atoms with Crippen LogP contribution in [0.15, 0.2) is 0 Å². The van der Waals surface area contributed by atoms with E-state index in [9.17, 15) is 4.79 Å². The minimum atomic E-state index is -0.519. The Morgan fingerprint density at radius 1 is 0.862 bits per heavy atom. The summed E-state index contributed by atoms with van der Waals surface area (Å²) >= 11 is 5.98. The van der Waals surface area contributed by atoms with E-state index in [0.717, 1.165) is 13.0 Å². The molecule has 0 aliphatic heterocycles. The Morgan fingerprint density at radius 3 is 2.00 bits per heavy atom. The van der Waals surface area contributed by atoms with Crippen molar-refractivity contribution >= 4 is 29.6 Å². The first-order valence-electron chi connectivity index (χ1n) is 10.7. The second kappa shape index (κ2) is 14.2. The van der Waals surface area contributed by atoms with Crippen molar-refractivity contribution in [3.05, 3.63) is 5.28 Å². The number of rotatable bonds is 14. The highest BCUT2D eigenvalue weighted by Crippen LogP contribution is 2.11. The molecule has 0 spiro atoms. The van der Waals surface area contributed by atoms with E-state index in [1.165, 1.54) is 44.9 Å². The van der Waals surface area contributed by atoms with E-state index in [4.69, 9.17) is 16.3 Å². The number of alkyl carbamates (subject to hydrolysis) is 1. The van der Waals surface area contributed by atoms with Crippen LogP contribution in [0.25, 0.3) is 0 Å². The zero-order valence-corrected chi connectivity index (χ0v) is 19.1. The number of unbranched alkanes of at least 4 members (excludes halogenated alkanes) is 7. The first-order valence-corrected chi connectivity index (χ1v) is 11.0. The third kappa shape index (κ3) is 13.9. The van der Waals surface area contributed by atoms with Crippen LogP contribution in [0.5, 0.6) is 0 Å². The van der Waals surface area contributed by atoms with E-state index in [-0.39, 0.29) is 5.28 Å². The summed E-state index contributed by atoms with van der Waals surface area (Å²) < 4.78 is 5.17. The number of anilines is 2. The van der Waals surface area contributed by atoms with Crippen LogP contribution < -0.4 is 16.0 Å². The quantitative estimate of drug-likeness (QED) is 0.358. The molecule has 0 bridgehead atoms. The molecule has 1 aromatic rings. The van der Waals surface area contributed by atoms with Gasteiger partial charge in [-0.1, -0.05) is 51.9 Å². The van der Waals surface area contributed by atoms with Crippen LogP contribution in [-0.2, 0) is 4.74 Å². The fourth-order valence-corrected chi connectivity index (χ4v) is 2.78. The fourth-order valence-electron chi connectivity index (χ4n) is 2.62. The Morgan fingerprint density at radius 2 is 1.41 bits per heavy atom. The minimum Gasteiger partial charge on any atom is -0.444 e. The maximum atomic E-state index is 11.6. The van der Waals surface area contributed by atoms with E-state index in [0.29, 0.717) is 25.0 Å². The molecule has 1 amide bonds. The summed E-state index contributed by atoms with van der Waals surface area (Å²) in [7, 11) is 0. The number of hydrogen-bond acceptors (Lipinski definition) is 7. The lowest BCUT2D eigenvalue weighted by Gasteiger charge is -2.19. The lowest BCUT2D eigenvalue weighted by molar-refractivity contribution is 0.0530. The summed E-state index contributed by atoms with van der Waals surface area (Å²) in [5, 5.41) is 9.01. The molecule has 0 unspecified atom stereocenters. The van der Waals surface area contributed by atoms with Crippen molar-refractivity contribution in [2.75, 3.05) is 30.3 Å². The van der Waals surface area contributed by atoms with Crippen molar-refractivity contribution in [1.29, 1.82) is 0 Å². The standard InChI is InChI=1S/C20H37ClN6O2/c1-5-6-7-8-9-10-11-12-13-22-17-25-16(21)26-18(27-17)23-14-15-24-19(28)29-20(2,3)4/h5-15H2,1-4H3,(H,24,28)(H2,22,23,25,26,27). The van der Waals surface area contributed by atoms with Gasteiger partial charge in [0.2, 0.25) is 17.2 Å². The van der Waals surface area contributed by atoms with Crippen molar-refractivity contribution < 1.29 is 9.53 Å². The smallest absolute Gasteiger partial charge is 0.407 e. The maximum absolute atomic E-state index is 11.6. The Kier molecular flexibility index (Phi) is 12.3. The predicted octanol–water partition coefficient (Wildman–Crippen LogP) is 5.01. The van der Waals surface area contributed by atoms with Gasteiger partial charge in [0, 0.05) is 19.6 Å². The molecule has 0 radical (unpaired) electrons. The Balaban J connectivity index is 2.22. The first-order chi connectivity index (χ1) is 13.8. The molecule has 0 saturated heterocycles. The highest BCUT2D eigenvalue weighted by atomic mass is 35.5. The van der Waals surface area contributed by atoms with E-state index >= 15 is 0 Å². The number of aromatic nitrogens is 3. The summed E-state index contributed by atoms with van der Waals surface area (Å²) in [5.74, 6) is 0.824. The monoisotopic (exact) mass is 428 g/mol. The molecule has 0 aliphatic carbocycles. The van der Waals surface area contributed by atoms with Crippen molar-refractivity contribution in [2.24, 2.45) is 0 Å². The largest absolute Gasteiger partial charge is 0.444 e. The molecular formula is C20H37ClN6O2. The van der Waals surface area contributed by atoms with Gasteiger partial charge in [0.05, 0.1) is 0 Å². The number of ether oxygens (including phenoxy) is 1. The highest BCUT2D eigenvalue weighted by Gasteiger charge is 2.15. The van der Waals surface area contributed by atoms with E-state index < -0.39 is 11.7 Å². The number of hydrogen-bond donors (Lipinski definition) is 3. The van der Waals surface area contributed by atoms with Gasteiger partial charge in [-0.25, -0.2) is 4.79 Å². The SMILES string of the molecule is CCCCCCCCCCNc1nc(Cl)nc(NCCNC(=O)OC(C)(C)C)n1. The maximum Gasteiger partial charge on any atom is 0.407 e. The molecular weight excluding hydrogens is 392 g/mol. The zero-order chi connectivity index (χ0) is 21.5. The number of carbonyl (C=O) groups is 1. The van der Waals surface area contributed by atoms with Crippen molar-refractivity contribution in [3.63, 3.8) is 0 Å². The topological polar surface area (TPSA) is 101 Å². The Hall–Kier alpha value is -1.83. The molecule has 0 atom stereocenters. The second-order valence-corrected chi connectivity index (χ2v) is 8.35. The van der Waals surface area contributed by atoms with Gasteiger partial charge in [-0.05, 0) is 38.8 Å². The Labute approximate surface area is 180 Å². The van der Waals surface area contributed by atoms with Gasteiger partial charge in [0.15, 0.2) is 0 Å². The van der Waals surface area contributed by atoms with Gasteiger partial charge < -0.3 is 20.7 Å². The summed E-state index contributed by atoms with van der Waals surface area (Å²) in [6.07, 6.45) is 9.69. The number of nitrogens with one attached hydrogen (secondary N) is 3. The normalized spacial score (nSPS) is 11.2. The lowest BCUT2D eigenvalue weighted by atomic mass is 10.1. The van der Waals surface area contributed by atoms with E-state index in [2.05, 4.69) is 37.8 Å². The van der Waals surface area contributed by atoms with Crippen molar-refractivity contribution in [3.8, 4) is 0 Å². The van der Waals surface area contributed by atoms with Gasteiger partial charge in [0.25, 0.3) is 0 Å². The molecule has 0 fully saturated rings.